The summed E-state index contributed by atoms with van der Waals surface area (Å²) in [5, 5.41) is 12.0. The number of carbonyl (C=O) groups is 1. The van der Waals surface area contributed by atoms with E-state index in [1.807, 2.05) is 26.0 Å². The first-order valence-electron chi connectivity index (χ1n) is 7.01. The lowest BCUT2D eigenvalue weighted by Crippen LogP contribution is -2.11. The summed E-state index contributed by atoms with van der Waals surface area (Å²) in [6, 6.07) is 3.73. The molecule has 0 bridgehead atoms. The van der Waals surface area contributed by atoms with E-state index in [4.69, 9.17) is 14.6 Å². The minimum atomic E-state index is -1.10. The molecule has 0 fully saturated rings. The highest BCUT2D eigenvalue weighted by Gasteiger charge is 2.16. The third-order valence-electron chi connectivity index (χ3n) is 3.54. The van der Waals surface area contributed by atoms with Crippen LogP contribution in [-0.4, -0.2) is 35.3 Å². The number of nitrogens with one attached hydrogen (secondary N) is 1. The fourth-order valence-electron chi connectivity index (χ4n) is 2.38. The van der Waals surface area contributed by atoms with Crippen LogP contribution in [0.3, 0.4) is 0 Å². The number of anilines is 1. The summed E-state index contributed by atoms with van der Waals surface area (Å²) < 4.78 is 10.7. The van der Waals surface area contributed by atoms with Gasteiger partial charge < -0.3 is 19.9 Å². The lowest BCUT2D eigenvalue weighted by molar-refractivity contribution is 0.0690. The summed E-state index contributed by atoms with van der Waals surface area (Å²) in [7, 11) is 3.20. The molecule has 122 valence electrons. The normalized spacial score (nSPS) is 11.7. The maximum absolute atomic E-state index is 10.8. The van der Waals surface area contributed by atoms with Gasteiger partial charge in [0.1, 0.15) is 5.82 Å². The second-order valence-corrected chi connectivity index (χ2v) is 4.97. The monoisotopic (exact) mass is 317 g/mol. The van der Waals surface area contributed by atoms with E-state index in [-0.39, 0.29) is 11.7 Å². The third kappa shape index (κ3) is 3.50. The van der Waals surface area contributed by atoms with Crippen molar-refractivity contribution in [3.8, 4) is 11.5 Å². The van der Waals surface area contributed by atoms with Crippen LogP contribution < -0.4 is 14.8 Å². The molecule has 0 aliphatic heterocycles. The van der Waals surface area contributed by atoms with Gasteiger partial charge in [0, 0.05) is 5.56 Å². The van der Waals surface area contributed by atoms with Gasteiger partial charge >= 0.3 is 5.97 Å². The highest BCUT2D eigenvalue weighted by atomic mass is 16.5. The summed E-state index contributed by atoms with van der Waals surface area (Å²) in [5.41, 5.74) is 1.89. The van der Waals surface area contributed by atoms with E-state index >= 15 is 0 Å². The Balaban J connectivity index is 2.23. The standard InChI is InChI=1S/C16H19N3O4/c1-9-11(5-6-13(22-3)15(9)23-4)10(2)19-14-8-17-12(7-18-14)16(20)21/h5-8,10H,1-4H3,(H,18,19)(H,20,21). The number of ether oxygens (including phenoxy) is 2. The predicted octanol–water partition coefficient (Wildman–Crippen LogP) is 2.67. The topological polar surface area (TPSA) is 93.6 Å². The highest BCUT2D eigenvalue weighted by molar-refractivity contribution is 5.84. The predicted molar refractivity (Wildman–Crippen MR) is 85.3 cm³/mol. The number of hydrogen-bond donors (Lipinski definition) is 2. The molecular formula is C16H19N3O4. The first kappa shape index (κ1) is 16.5. The summed E-state index contributed by atoms with van der Waals surface area (Å²) in [5.74, 6) is 0.752. The number of hydrogen-bond acceptors (Lipinski definition) is 6. The van der Waals surface area contributed by atoms with Gasteiger partial charge in [0.2, 0.25) is 0 Å². The van der Waals surface area contributed by atoms with E-state index in [9.17, 15) is 4.79 Å². The molecule has 1 aromatic carbocycles. The average molecular weight is 317 g/mol. The molecular weight excluding hydrogens is 298 g/mol. The average Bonchev–Trinajstić information content (AvgIpc) is 2.54. The van der Waals surface area contributed by atoms with Crippen molar-refractivity contribution in [1.82, 2.24) is 9.97 Å². The molecule has 7 nitrogen and oxygen atoms in total. The Labute approximate surface area is 134 Å². The number of carboxylic acids is 1. The van der Waals surface area contributed by atoms with E-state index in [0.29, 0.717) is 17.3 Å². The van der Waals surface area contributed by atoms with Gasteiger partial charge in [0.15, 0.2) is 17.2 Å². The Morgan fingerprint density at radius 3 is 2.48 bits per heavy atom. The van der Waals surface area contributed by atoms with Crippen molar-refractivity contribution in [1.29, 1.82) is 0 Å². The van der Waals surface area contributed by atoms with Crippen molar-refractivity contribution in [3.05, 3.63) is 41.3 Å². The molecule has 0 saturated carbocycles. The molecule has 7 heteroatoms. The molecule has 0 saturated heterocycles. The Hall–Kier alpha value is -2.83. The summed E-state index contributed by atoms with van der Waals surface area (Å²) in [4.78, 5) is 18.7. The van der Waals surface area contributed by atoms with Gasteiger partial charge in [-0.05, 0) is 25.5 Å². The smallest absolute Gasteiger partial charge is 0.356 e. The van der Waals surface area contributed by atoms with Crippen LogP contribution >= 0.6 is 0 Å². The van der Waals surface area contributed by atoms with Crippen LogP contribution in [0.5, 0.6) is 11.5 Å². The van der Waals surface area contributed by atoms with Crippen LogP contribution in [0.2, 0.25) is 0 Å². The Morgan fingerprint density at radius 2 is 1.96 bits per heavy atom. The number of nitrogens with zero attached hydrogens (tertiary/aromatic N) is 2. The molecule has 23 heavy (non-hydrogen) atoms. The van der Waals surface area contributed by atoms with Crippen LogP contribution in [0.1, 0.15) is 34.6 Å². The molecule has 1 unspecified atom stereocenters. The zero-order valence-electron chi connectivity index (χ0n) is 13.5. The van der Waals surface area contributed by atoms with Crippen LogP contribution in [-0.2, 0) is 0 Å². The summed E-state index contributed by atoms with van der Waals surface area (Å²) >= 11 is 0. The molecule has 1 atom stereocenters. The van der Waals surface area contributed by atoms with Gasteiger partial charge in [-0.3, -0.25) is 0 Å². The Bertz CT molecular complexity index is 701. The zero-order chi connectivity index (χ0) is 17.0. The second kappa shape index (κ2) is 6.95. The third-order valence-corrected chi connectivity index (χ3v) is 3.54. The second-order valence-electron chi connectivity index (χ2n) is 4.97. The molecule has 0 amide bonds. The fourth-order valence-corrected chi connectivity index (χ4v) is 2.38. The minimum Gasteiger partial charge on any atom is -0.493 e. The number of aromatic carboxylic acids is 1. The molecule has 0 aliphatic carbocycles. The molecule has 2 rings (SSSR count). The largest absolute Gasteiger partial charge is 0.493 e. The number of aromatic nitrogens is 2. The van der Waals surface area contributed by atoms with Crippen molar-refractivity contribution in [2.75, 3.05) is 19.5 Å². The molecule has 2 N–H and O–H groups in total. The van der Waals surface area contributed by atoms with Gasteiger partial charge in [-0.1, -0.05) is 6.07 Å². The highest BCUT2D eigenvalue weighted by Crippen LogP contribution is 2.35. The molecule has 1 heterocycles. The lowest BCUT2D eigenvalue weighted by Gasteiger charge is -2.20. The van der Waals surface area contributed by atoms with Crippen molar-refractivity contribution >= 4 is 11.8 Å². The van der Waals surface area contributed by atoms with Gasteiger partial charge in [-0.15, -0.1) is 0 Å². The van der Waals surface area contributed by atoms with E-state index in [1.165, 1.54) is 12.4 Å². The first-order valence-corrected chi connectivity index (χ1v) is 7.01. The van der Waals surface area contributed by atoms with Gasteiger partial charge in [-0.2, -0.15) is 0 Å². The molecule has 0 spiro atoms. The SMILES string of the molecule is COc1ccc(C(C)Nc2cnc(C(=O)O)cn2)c(C)c1OC. The summed E-state index contributed by atoms with van der Waals surface area (Å²) in [6.07, 6.45) is 2.62. The van der Waals surface area contributed by atoms with Gasteiger partial charge in [-0.25, -0.2) is 14.8 Å². The van der Waals surface area contributed by atoms with E-state index in [2.05, 4.69) is 15.3 Å². The van der Waals surface area contributed by atoms with Crippen molar-refractivity contribution in [2.45, 2.75) is 19.9 Å². The van der Waals surface area contributed by atoms with E-state index in [0.717, 1.165) is 11.1 Å². The van der Waals surface area contributed by atoms with Crippen molar-refractivity contribution < 1.29 is 19.4 Å². The minimum absolute atomic E-state index is 0.0696. The molecule has 0 radical (unpaired) electrons. The Kier molecular flexibility index (Phi) is 5.00. The van der Waals surface area contributed by atoms with Gasteiger partial charge in [0.05, 0.1) is 32.7 Å². The lowest BCUT2D eigenvalue weighted by atomic mass is 10.0. The maximum atomic E-state index is 10.8. The number of rotatable bonds is 6. The van der Waals surface area contributed by atoms with Crippen LogP contribution in [0.25, 0.3) is 0 Å². The van der Waals surface area contributed by atoms with Crippen LogP contribution in [0.15, 0.2) is 24.5 Å². The maximum Gasteiger partial charge on any atom is 0.356 e. The Morgan fingerprint density at radius 1 is 1.22 bits per heavy atom. The number of benzene rings is 1. The van der Waals surface area contributed by atoms with E-state index in [1.54, 1.807) is 14.2 Å². The summed E-state index contributed by atoms with van der Waals surface area (Å²) in [6.45, 7) is 3.93. The van der Waals surface area contributed by atoms with Crippen LogP contribution in [0.4, 0.5) is 5.82 Å². The fraction of sp³-hybridized carbons (Fsp3) is 0.312. The number of methoxy groups -OCH3 is 2. The van der Waals surface area contributed by atoms with Crippen molar-refractivity contribution in [3.63, 3.8) is 0 Å². The van der Waals surface area contributed by atoms with Crippen LogP contribution in [0, 0.1) is 6.92 Å². The number of carboxylic acid groups (broad SMARTS) is 1. The first-order chi connectivity index (χ1) is 11.0. The zero-order valence-corrected chi connectivity index (χ0v) is 13.5. The van der Waals surface area contributed by atoms with E-state index < -0.39 is 5.97 Å². The molecule has 2 aromatic rings. The van der Waals surface area contributed by atoms with Gasteiger partial charge in [0.25, 0.3) is 0 Å². The molecule has 1 aromatic heterocycles. The van der Waals surface area contributed by atoms with Crippen molar-refractivity contribution in [2.24, 2.45) is 0 Å². The molecule has 0 aliphatic rings. The quantitative estimate of drug-likeness (QED) is 0.846.